The molecule has 0 bridgehead atoms. The van der Waals surface area contributed by atoms with Gasteiger partial charge in [0.2, 0.25) is 5.91 Å². The van der Waals surface area contributed by atoms with Gasteiger partial charge in [-0.2, -0.15) is 5.10 Å². The van der Waals surface area contributed by atoms with E-state index in [4.69, 9.17) is 9.40 Å². The number of pyridine rings is 2. The van der Waals surface area contributed by atoms with Gasteiger partial charge in [-0.05, 0) is 48.7 Å². The Bertz CT molecular complexity index is 1710. The predicted molar refractivity (Wildman–Crippen MR) is 131 cm³/mol. The van der Waals surface area contributed by atoms with Gasteiger partial charge < -0.3 is 14.7 Å². The van der Waals surface area contributed by atoms with E-state index in [1.54, 1.807) is 31.1 Å². The fourth-order valence-corrected chi connectivity index (χ4v) is 4.29. The molecule has 5 heterocycles. The van der Waals surface area contributed by atoms with Gasteiger partial charge in [0.1, 0.15) is 16.9 Å². The summed E-state index contributed by atoms with van der Waals surface area (Å²) in [6, 6.07) is 11.7. The van der Waals surface area contributed by atoms with Crippen molar-refractivity contribution in [3.05, 3.63) is 67.5 Å². The minimum absolute atomic E-state index is 0.0608. The van der Waals surface area contributed by atoms with Crippen LogP contribution in [-0.4, -0.2) is 36.0 Å². The first kappa shape index (κ1) is 19.7. The number of hydrogen-bond donors (Lipinski definition) is 3. The number of amides is 1. The van der Waals surface area contributed by atoms with Gasteiger partial charge in [-0.25, -0.2) is 4.98 Å². The molecule has 1 amide bonds. The van der Waals surface area contributed by atoms with Crippen molar-refractivity contribution in [2.75, 3.05) is 5.32 Å². The van der Waals surface area contributed by atoms with Crippen molar-refractivity contribution in [2.45, 2.75) is 12.8 Å². The fraction of sp³-hybridized carbons (Fsp3) is 0.115. The number of nitrogens with one attached hydrogen (secondary N) is 3. The number of aromatic amines is 2. The van der Waals surface area contributed by atoms with Crippen LogP contribution in [-0.2, 0) is 4.79 Å². The lowest BCUT2D eigenvalue weighted by Gasteiger charge is -2.07. The Balaban J connectivity index is 1.29. The number of benzene rings is 1. The number of anilines is 1. The van der Waals surface area contributed by atoms with Gasteiger partial charge in [-0.3, -0.25) is 19.9 Å². The van der Waals surface area contributed by atoms with E-state index in [0.29, 0.717) is 17.2 Å². The Morgan fingerprint density at radius 1 is 1.00 bits per heavy atom. The largest absolute Gasteiger partial charge is 0.472 e. The highest BCUT2D eigenvalue weighted by molar-refractivity contribution is 5.98. The zero-order valence-electron chi connectivity index (χ0n) is 18.4. The van der Waals surface area contributed by atoms with Crippen LogP contribution in [0.4, 0.5) is 5.69 Å². The highest BCUT2D eigenvalue weighted by Gasteiger charge is 2.29. The molecule has 9 nitrogen and oxygen atoms in total. The van der Waals surface area contributed by atoms with Crippen LogP contribution in [0.1, 0.15) is 12.8 Å². The summed E-state index contributed by atoms with van der Waals surface area (Å²) in [5, 5.41) is 11.5. The number of aromatic nitrogens is 6. The van der Waals surface area contributed by atoms with Crippen molar-refractivity contribution in [1.82, 2.24) is 30.1 Å². The first-order chi connectivity index (χ1) is 17.2. The van der Waals surface area contributed by atoms with Gasteiger partial charge in [-0.1, -0.05) is 6.07 Å². The Kier molecular flexibility index (Phi) is 4.28. The third-order valence-electron chi connectivity index (χ3n) is 6.27. The quantitative estimate of drug-likeness (QED) is 0.325. The number of carbonyl (C=O) groups excluding carboxylic acids is 1. The molecular formula is C26H19N7O2. The maximum absolute atomic E-state index is 12.2. The van der Waals surface area contributed by atoms with E-state index in [0.717, 1.165) is 57.2 Å². The second-order valence-corrected chi connectivity index (χ2v) is 8.71. The van der Waals surface area contributed by atoms with Gasteiger partial charge in [0, 0.05) is 34.8 Å². The average molecular weight is 461 g/mol. The number of rotatable bonds is 5. The lowest BCUT2D eigenvalue weighted by Crippen LogP contribution is -2.13. The standard InChI is InChI=1S/C26H19N7O2/c34-26(14-1-2-14)29-18-9-17(11-27-12-18)15-3-4-20-19(10-15)23(33-32-20)25-30-21-5-7-28-22(24(21)31-25)16-6-8-35-13-16/h3-14H,1-2H2,(H,29,34)(H,30,31)(H,32,33). The Hall–Kier alpha value is -4.79. The monoisotopic (exact) mass is 461 g/mol. The highest BCUT2D eigenvalue weighted by atomic mass is 16.3. The van der Waals surface area contributed by atoms with Crippen molar-refractivity contribution in [3.8, 4) is 33.9 Å². The summed E-state index contributed by atoms with van der Waals surface area (Å²) in [4.78, 5) is 29.2. The van der Waals surface area contributed by atoms with Gasteiger partial charge in [0.15, 0.2) is 5.82 Å². The van der Waals surface area contributed by atoms with Crippen LogP contribution in [0.25, 0.3) is 55.8 Å². The van der Waals surface area contributed by atoms with Crippen LogP contribution in [0.2, 0.25) is 0 Å². The van der Waals surface area contributed by atoms with Crippen LogP contribution in [0.5, 0.6) is 0 Å². The van der Waals surface area contributed by atoms with Gasteiger partial charge in [0.25, 0.3) is 0 Å². The normalized spacial score (nSPS) is 13.5. The molecule has 0 spiro atoms. The Morgan fingerprint density at radius 2 is 1.94 bits per heavy atom. The summed E-state index contributed by atoms with van der Waals surface area (Å²) in [5.74, 6) is 0.840. The van der Waals surface area contributed by atoms with Gasteiger partial charge in [0.05, 0.1) is 35.4 Å². The summed E-state index contributed by atoms with van der Waals surface area (Å²) in [5.41, 5.74) is 7.39. The van der Waals surface area contributed by atoms with Gasteiger partial charge >= 0.3 is 0 Å². The number of H-pyrrole nitrogens is 2. The number of carbonyl (C=O) groups is 1. The van der Waals surface area contributed by atoms with Crippen molar-refractivity contribution in [1.29, 1.82) is 0 Å². The molecule has 1 fully saturated rings. The molecule has 1 aromatic carbocycles. The van der Waals surface area contributed by atoms with Crippen molar-refractivity contribution in [3.63, 3.8) is 0 Å². The smallest absolute Gasteiger partial charge is 0.227 e. The van der Waals surface area contributed by atoms with Crippen molar-refractivity contribution < 1.29 is 9.21 Å². The van der Waals surface area contributed by atoms with Crippen LogP contribution in [0.3, 0.4) is 0 Å². The second kappa shape index (κ2) is 7.63. The molecule has 3 N–H and O–H groups in total. The average Bonchev–Trinajstić information content (AvgIpc) is 3.26. The minimum Gasteiger partial charge on any atom is -0.472 e. The third-order valence-corrected chi connectivity index (χ3v) is 6.27. The molecule has 5 aromatic heterocycles. The van der Waals surface area contributed by atoms with E-state index >= 15 is 0 Å². The van der Waals surface area contributed by atoms with Gasteiger partial charge in [-0.15, -0.1) is 0 Å². The number of imidazole rings is 1. The lowest BCUT2D eigenvalue weighted by atomic mass is 10.0. The van der Waals surface area contributed by atoms with Crippen molar-refractivity contribution in [2.24, 2.45) is 5.92 Å². The molecule has 0 unspecified atom stereocenters. The summed E-state index contributed by atoms with van der Waals surface area (Å²) in [6.07, 6.45) is 10.4. The van der Waals surface area contributed by atoms with E-state index in [-0.39, 0.29) is 11.8 Å². The SMILES string of the molecule is O=C(Nc1cncc(-c2ccc3[nH]nc(-c4nc5c(-c6ccoc6)nccc5[nH]4)c3c2)c1)C1CC1. The van der Waals surface area contributed by atoms with Crippen LogP contribution in [0.15, 0.2) is 71.9 Å². The van der Waals surface area contributed by atoms with E-state index in [2.05, 4.69) is 36.5 Å². The zero-order valence-corrected chi connectivity index (χ0v) is 18.4. The van der Waals surface area contributed by atoms with Crippen LogP contribution < -0.4 is 5.32 Å². The first-order valence-corrected chi connectivity index (χ1v) is 11.3. The number of nitrogens with zero attached hydrogens (tertiary/aromatic N) is 4. The summed E-state index contributed by atoms with van der Waals surface area (Å²) >= 11 is 0. The molecule has 0 aliphatic heterocycles. The molecule has 0 atom stereocenters. The zero-order chi connectivity index (χ0) is 23.4. The number of hydrogen-bond acceptors (Lipinski definition) is 6. The molecule has 9 heteroatoms. The molecule has 1 saturated carbocycles. The number of furan rings is 1. The minimum atomic E-state index is 0.0608. The van der Waals surface area contributed by atoms with Crippen LogP contribution in [0, 0.1) is 5.92 Å². The molecule has 1 aliphatic rings. The Morgan fingerprint density at radius 3 is 2.80 bits per heavy atom. The molecule has 35 heavy (non-hydrogen) atoms. The van der Waals surface area contributed by atoms with E-state index in [1.165, 1.54) is 0 Å². The van der Waals surface area contributed by atoms with Crippen LogP contribution >= 0.6 is 0 Å². The maximum atomic E-state index is 12.2. The molecule has 0 saturated heterocycles. The van der Waals surface area contributed by atoms with E-state index < -0.39 is 0 Å². The maximum Gasteiger partial charge on any atom is 0.227 e. The molecule has 170 valence electrons. The molecular weight excluding hydrogens is 442 g/mol. The summed E-state index contributed by atoms with van der Waals surface area (Å²) in [7, 11) is 0. The number of fused-ring (bicyclic) bond motifs is 2. The molecule has 6 aromatic rings. The topological polar surface area (TPSA) is 125 Å². The molecule has 7 rings (SSSR count). The predicted octanol–water partition coefficient (Wildman–Crippen LogP) is 5.17. The first-order valence-electron chi connectivity index (χ1n) is 11.3. The van der Waals surface area contributed by atoms with Crippen molar-refractivity contribution >= 4 is 33.5 Å². The fourth-order valence-electron chi connectivity index (χ4n) is 4.29. The van der Waals surface area contributed by atoms with E-state index in [9.17, 15) is 4.79 Å². The highest BCUT2D eigenvalue weighted by Crippen LogP contribution is 2.33. The van der Waals surface area contributed by atoms with E-state index in [1.807, 2.05) is 30.3 Å². The lowest BCUT2D eigenvalue weighted by molar-refractivity contribution is -0.117. The molecule has 0 radical (unpaired) electrons. The summed E-state index contributed by atoms with van der Waals surface area (Å²) in [6.45, 7) is 0. The third kappa shape index (κ3) is 3.45. The Labute approximate surface area is 198 Å². The summed E-state index contributed by atoms with van der Waals surface area (Å²) < 4.78 is 5.23. The molecule has 1 aliphatic carbocycles. The second-order valence-electron chi connectivity index (χ2n) is 8.71.